The lowest BCUT2D eigenvalue weighted by atomic mass is 10.3. The molecule has 0 N–H and O–H groups in total. The second-order valence-electron chi connectivity index (χ2n) is 2.28. The summed E-state index contributed by atoms with van der Waals surface area (Å²) in [6, 6.07) is 0. The van der Waals surface area contributed by atoms with Crippen molar-refractivity contribution in [3.8, 4) is 0 Å². The third kappa shape index (κ3) is 1.26. The summed E-state index contributed by atoms with van der Waals surface area (Å²) in [5.74, 6) is 0.650. The van der Waals surface area contributed by atoms with Gasteiger partial charge in [0.25, 0.3) is 0 Å². The van der Waals surface area contributed by atoms with Gasteiger partial charge in [-0.15, -0.1) is 0 Å². The maximum atomic E-state index is 5.11. The van der Waals surface area contributed by atoms with Crippen molar-refractivity contribution in [2.24, 2.45) is 0 Å². The highest BCUT2D eigenvalue weighted by molar-refractivity contribution is 5.52. The highest BCUT2D eigenvalue weighted by Gasteiger charge is 2.00. The van der Waals surface area contributed by atoms with Gasteiger partial charge in [-0.3, -0.25) is 0 Å². The van der Waals surface area contributed by atoms with Crippen LogP contribution in [0.15, 0.2) is 17.3 Å². The molecule has 0 atom stereocenters. The Hall–Kier alpha value is -1.05. The van der Waals surface area contributed by atoms with Gasteiger partial charge >= 0.3 is 0 Å². The van der Waals surface area contributed by atoms with Gasteiger partial charge in [0, 0.05) is 5.57 Å². The minimum Gasteiger partial charge on any atom is -0.445 e. The summed E-state index contributed by atoms with van der Waals surface area (Å²) in [5.41, 5.74) is 1.86. The maximum absolute atomic E-state index is 5.11. The lowest BCUT2D eigenvalue weighted by molar-refractivity contribution is 0.541. The first-order chi connectivity index (χ1) is 4.74. The normalized spacial score (nSPS) is 9.80. The van der Waals surface area contributed by atoms with Crippen LogP contribution in [0.5, 0.6) is 0 Å². The second-order valence-corrected chi connectivity index (χ2v) is 2.28. The van der Waals surface area contributed by atoms with E-state index in [1.807, 2.05) is 13.8 Å². The maximum Gasteiger partial charge on any atom is 0.221 e. The van der Waals surface area contributed by atoms with Gasteiger partial charge < -0.3 is 4.42 Å². The Kier molecular flexibility index (Phi) is 1.90. The van der Waals surface area contributed by atoms with Crippen LogP contribution in [0.25, 0.3) is 5.57 Å². The number of rotatable bonds is 2. The summed E-state index contributed by atoms with van der Waals surface area (Å²) in [6.07, 6.45) is 2.58. The molecule has 0 aliphatic heterocycles. The molecule has 0 unspecified atom stereocenters. The van der Waals surface area contributed by atoms with Crippen molar-refractivity contribution in [3.05, 3.63) is 24.4 Å². The molecule has 0 saturated heterocycles. The van der Waals surface area contributed by atoms with Crippen LogP contribution in [0.3, 0.4) is 0 Å². The quantitative estimate of drug-likeness (QED) is 0.625. The third-order valence-corrected chi connectivity index (χ3v) is 1.28. The van der Waals surface area contributed by atoms with E-state index in [1.165, 1.54) is 0 Å². The van der Waals surface area contributed by atoms with Crippen LogP contribution in [0.4, 0.5) is 0 Å². The Morgan fingerprint density at radius 2 is 2.50 bits per heavy atom. The topological polar surface area (TPSA) is 26.0 Å². The van der Waals surface area contributed by atoms with Crippen LogP contribution in [0.2, 0.25) is 0 Å². The molecule has 0 aliphatic carbocycles. The summed E-state index contributed by atoms with van der Waals surface area (Å²) in [6.45, 7) is 7.64. The molecule has 1 heterocycles. The van der Waals surface area contributed by atoms with E-state index in [-0.39, 0.29) is 0 Å². The molecule has 1 aromatic heterocycles. The Bertz CT molecular complexity index is 237. The van der Waals surface area contributed by atoms with E-state index in [9.17, 15) is 0 Å². The molecule has 1 aromatic rings. The number of nitrogens with zero attached hydrogens (tertiary/aromatic N) is 1. The van der Waals surface area contributed by atoms with Crippen LogP contribution < -0.4 is 0 Å². The van der Waals surface area contributed by atoms with Crippen molar-refractivity contribution in [3.63, 3.8) is 0 Å². The van der Waals surface area contributed by atoms with Crippen molar-refractivity contribution < 1.29 is 4.42 Å². The number of allylic oxidation sites excluding steroid dienone is 1. The van der Waals surface area contributed by atoms with E-state index >= 15 is 0 Å². The van der Waals surface area contributed by atoms with E-state index in [0.29, 0.717) is 5.89 Å². The van der Waals surface area contributed by atoms with E-state index in [2.05, 4.69) is 11.6 Å². The van der Waals surface area contributed by atoms with E-state index in [1.54, 1.807) is 6.26 Å². The fourth-order valence-corrected chi connectivity index (χ4v) is 0.665. The van der Waals surface area contributed by atoms with Crippen LogP contribution in [-0.4, -0.2) is 4.98 Å². The summed E-state index contributed by atoms with van der Waals surface area (Å²) < 4.78 is 5.11. The molecule has 2 heteroatoms. The molecular weight excluding hydrogens is 126 g/mol. The van der Waals surface area contributed by atoms with Gasteiger partial charge in [-0.1, -0.05) is 13.5 Å². The van der Waals surface area contributed by atoms with Gasteiger partial charge in [-0.05, 0) is 13.3 Å². The van der Waals surface area contributed by atoms with Crippen molar-refractivity contribution in [2.75, 3.05) is 0 Å². The molecular formula is C8H11NO. The fraction of sp³-hybridized carbons (Fsp3) is 0.375. The van der Waals surface area contributed by atoms with Crippen LogP contribution in [0, 0.1) is 0 Å². The molecule has 0 amide bonds. The van der Waals surface area contributed by atoms with Gasteiger partial charge in [-0.2, -0.15) is 0 Å². The van der Waals surface area contributed by atoms with Gasteiger partial charge in [0.2, 0.25) is 5.89 Å². The molecule has 10 heavy (non-hydrogen) atoms. The largest absolute Gasteiger partial charge is 0.445 e. The molecule has 0 bridgehead atoms. The molecule has 0 radical (unpaired) electrons. The van der Waals surface area contributed by atoms with Crippen molar-refractivity contribution in [1.82, 2.24) is 4.98 Å². The Morgan fingerprint density at radius 1 is 1.80 bits per heavy atom. The smallest absolute Gasteiger partial charge is 0.221 e. The summed E-state index contributed by atoms with van der Waals surface area (Å²) in [7, 11) is 0. The minimum atomic E-state index is 0.650. The molecule has 0 fully saturated rings. The van der Waals surface area contributed by atoms with Gasteiger partial charge in [0.15, 0.2) is 0 Å². The number of aryl methyl sites for hydroxylation is 1. The lowest BCUT2D eigenvalue weighted by Gasteiger charge is -1.85. The van der Waals surface area contributed by atoms with Crippen molar-refractivity contribution in [1.29, 1.82) is 0 Å². The zero-order valence-electron chi connectivity index (χ0n) is 6.35. The molecule has 0 aromatic carbocycles. The standard InChI is InChI=1S/C8H11NO/c1-4-7-5-10-8(9-7)6(2)3/h5H,2,4H2,1,3H3. The second kappa shape index (κ2) is 2.69. The van der Waals surface area contributed by atoms with E-state index in [0.717, 1.165) is 17.7 Å². The lowest BCUT2D eigenvalue weighted by Crippen LogP contribution is -1.80. The fourth-order valence-electron chi connectivity index (χ4n) is 0.665. The van der Waals surface area contributed by atoms with Crippen LogP contribution >= 0.6 is 0 Å². The van der Waals surface area contributed by atoms with Crippen molar-refractivity contribution in [2.45, 2.75) is 20.3 Å². The SMILES string of the molecule is C=C(C)c1nc(CC)co1. The predicted octanol–water partition coefficient (Wildman–Crippen LogP) is 2.27. The van der Waals surface area contributed by atoms with Gasteiger partial charge in [0.1, 0.15) is 6.26 Å². The Balaban J connectivity index is 2.88. The number of aromatic nitrogens is 1. The van der Waals surface area contributed by atoms with Crippen molar-refractivity contribution >= 4 is 5.57 Å². The number of hydrogen-bond donors (Lipinski definition) is 0. The van der Waals surface area contributed by atoms with Gasteiger partial charge in [-0.25, -0.2) is 4.98 Å². The molecule has 54 valence electrons. The average Bonchev–Trinajstić information content (AvgIpc) is 2.34. The Labute approximate surface area is 60.6 Å². The zero-order chi connectivity index (χ0) is 7.56. The predicted molar refractivity (Wildman–Crippen MR) is 40.6 cm³/mol. The van der Waals surface area contributed by atoms with Crippen LogP contribution in [0.1, 0.15) is 25.4 Å². The first kappa shape index (κ1) is 7.06. The molecule has 0 aliphatic rings. The summed E-state index contributed by atoms with van der Waals surface area (Å²) in [5, 5.41) is 0. The van der Waals surface area contributed by atoms with E-state index < -0.39 is 0 Å². The summed E-state index contributed by atoms with van der Waals surface area (Å²) >= 11 is 0. The monoisotopic (exact) mass is 137 g/mol. The Morgan fingerprint density at radius 3 is 2.80 bits per heavy atom. The summed E-state index contributed by atoms with van der Waals surface area (Å²) in [4.78, 5) is 4.16. The number of hydrogen-bond acceptors (Lipinski definition) is 2. The first-order valence-electron chi connectivity index (χ1n) is 3.34. The first-order valence-corrected chi connectivity index (χ1v) is 3.34. The van der Waals surface area contributed by atoms with E-state index in [4.69, 9.17) is 4.42 Å². The highest BCUT2D eigenvalue weighted by Crippen LogP contribution is 2.10. The third-order valence-electron chi connectivity index (χ3n) is 1.28. The highest BCUT2D eigenvalue weighted by atomic mass is 16.3. The molecule has 2 nitrogen and oxygen atoms in total. The number of oxazole rings is 1. The van der Waals surface area contributed by atoms with Gasteiger partial charge in [0.05, 0.1) is 5.69 Å². The molecule has 1 rings (SSSR count). The van der Waals surface area contributed by atoms with Crippen LogP contribution in [-0.2, 0) is 6.42 Å². The average molecular weight is 137 g/mol. The zero-order valence-corrected chi connectivity index (χ0v) is 6.35. The molecule has 0 saturated carbocycles. The molecule has 0 spiro atoms. The minimum absolute atomic E-state index is 0.650.